The molecule has 33 heavy (non-hydrogen) atoms. The summed E-state index contributed by atoms with van der Waals surface area (Å²) >= 11 is 16.3. The fourth-order valence-corrected chi connectivity index (χ4v) is 5.40. The minimum atomic E-state index is -0.162. The van der Waals surface area contributed by atoms with Crippen molar-refractivity contribution < 1.29 is 14.3 Å². The molecule has 170 valence electrons. The van der Waals surface area contributed by atoms with Crippen molar-refractivity contribution in [2.75, 3.05) is 12.1 Å². The Morgan fingerprint density at radius 2 is 1.79 bits per heavy atom. The molecular weight excluding hydrogens is 544 g/mol. The average Bonchev–Trinajstić information content (AvgIpc) is 3.24. The van der Waals surface area contributed by atoms with Crippen LogP contribution in [0, 0.1) is 13.8 Å². The third kappa shape index (κ3) is 4.99. The number of aryl methyl sites for hydroxylation is 2. The number of hydrogen-bond donors (Lipinski definition) is 0. The minimum absolute atomic E-state index is 0.162. The second-order valence-corrected chi connectivity index (χ2v) is 10.3. The van der Waals surface area contributed by atoms with Crippen LogP contribution in [0.2, 0.25) is 5.02 Å². The van der Waals surface area contributed by atoms with E-state index in [1.165, 1.54) is 16.8 Å². The van der Waals surface area contributed by atoms with Gasteiger partial charge in [-0.3, -0.25) is 9.47 Å². The van der Waals surface area contributed by atoms with E-state index in [1.54, 1.807) is 7.11 Å². The van der Waals surface area contributed by atoms with Gasteiger partial charge in [0.2, 0.25) is 0 Å². The van der Waals surface area contributed by atoms with Gasteiger partial charge >= 0.3 is 0 Å². The summed E-state index contributed by atoms with van der Waals surface area (Å²) in [6, 6.07) is 15.1. The Bertz CT molecular complexity index is 1250. The molecule has 1 saturated heterocycles. The van der Waals surface area contributed by atoms with Gasteiger partial charge in [0.15, 0.2) is 15.8 Å². The molecule has 0 saturated carbocycles. The Hall–Kier alpha value is -2.26. The molecule has 0 N–H and O–H groups in total. The zero-order chi connectivity index (χ0) is 23.7. The number of hydrogen-bond acceptors (Lipinski definition) is 5. The second-order valence-electron chi connectivity index (χ2n) is 7.37. The number of carbonyl (C=O) groups is 1. The van der Waals surface area contributed by atoms with Crippen molar-refractivity contribution in [2.24, 2.45) is 0 Å². The number of methoxy groups -OCH3 is 1. The highest BCUT2D eigenvalue weighted by Crippen LogP contribution is 2.39. The molecule has 0 atom stereocenters. The molecule has 4 rings (SSSR count). The lowest BCUT2D eigenvalue weighted by molar-refractivity contribution is -0.114. The highest BCUT2D eigenvalue weighted by Gasteiger charge is 2.34. The fourth-order valence-electron chi connectivity index (χ4n) is 3.46. The van der Waals surface area contributed by atoms with Crippen LogP contribution in [0.1, 0.15) is 22.5 Å². The SMILES string of the molecule is COc1cc(/C=C2/SC(=S)N(n3c(C)ccc3C)C2=O)cc(Br)c1OCc1ccc(Cl)cc1. The molecule has 0 spiro atoms. The topological polar surface area (TPSA) is 43.7 Å². The third-order valence-corrected chi connectivity index (χ3v) is 7.18. The number of rotatable bonds is 6. The highest BCUT2D eigenvalue weighted by atomic mass is 79.9. The quantitative estimate of drug-likeness (QED) is 0.248. The van der Waals surface area contributed by atoms with E-state index in [0.29, 0.717) is 32.4 Å². The molecule has 1 aliphatic rings. The first-order valence-electron chi connectivity index (χ1n) is 9.96. The standard InChI is InChI=1S/C24H20BrClN2O3S2/c1-14-4-5-15(2)27(14)28-23(29)21(33-24(28)32)12-17-10-19(25)22(20(11-17)30-3)31-13-16-6-8-18(26)9-7-16/h4-12H,13H2,1-3H3/b21-12+. The molecule has 3 aromatic rings. The largest absolute Gasteiger partial charge is 0.493 e. The number of nitrogens with zero attached hydrogens (tertiary/aromatic N) is 2. The summed E-state index contributed by atoms with van der Waals surface area (Å²) in [7, 11) is 1.58. The summed E-state index contributed by atoms with van der Waals surface area (Å²) in [6.07, 6.45) is 1.81. The lowest BCUT2D eigenvalue weighted by atomic mass is 10.1. The first kappa shape index (κ1) is 23.9. The van der Waals surface area contributed by atoms with Crippen LogP contribution in [0.15, 0.2) is 57.9 Å². The zero-order valence-corrected chi connectivity index (χ0v) is 22.1. The normalized spacial score (nSPS) is 14.9. The van der Waals surface area contributed by atoms with E-state index >= 15 is 0 Å². The van der Waals surface area contributed by atoms with Crippen LogP contribution in [0.5, 0.6) is 11.5 Å². The zero-order valence-electron chi connectivity index (χ0n) is 18.1. The number of aromatic nitrogens is 1. The van der Waals surface area contributed by atoms with E-state index in [4.69, 9.17) is 33.3 Å². The van der Waals surface area contributed by atoms with Crippen LogP contribution in [0.25, 0.3) is 6.08 Å². The maximum absolute atomic E-state index is 13.2. The minimum Gasteiger partial charge on any atom is -0.493 e. The van der Waals surface area contributed by atoms with Gasteiger partial charge in [0.05, 0.1) is 16.5 Å². The number of thioether (sulfide) groups is 1. The van der Waals surface area contributed by atoms with Gasteiger partial charge in [0.1, 0.15) is 6.61 Å². The van der Waals surface area contributed by atoms with Crippen LogP contribution in [-0.2, 0) is 11.4 Å². The van der Waals surface area contributed by atoms with Crippen molar-refractivity contribution >= 4 is 67.8 Å². The summed E-state index contributed by atoms with van der Waals surface area (Å²) in [5.74, 6) is 0.971. The number of halogens is 2. The van der Waals surface area contributed by atoms with E-state index in [-0.39, 0.29) is 5.91 Å². The molecule has 5 nitrogen and oxygen atoms in total. The summed E-state index contributed by atoms with van der Waals surface area (Å²) in [5, 5.41) is 2.21. The lowest BCUT2D eigenvalue weighted by Crippen LogP contribution is -2.39. The highest BCUT2D eigenvalue weighted by molar-refractivity contribution is 9.10. The third-order valence-electron chi connectivity index (χ3n) is 5.05. The van der Waals surface area contributed by atoms with Crippen molar-refractivity contribution in [3.05, 3.63) is 85.4 Å². The Kier molecular flexibility index (Phi) is 7.19. The molecule has 1 fully saturated rings. The Balaban J connectivity index is 1.59. The second kappa shape index (κ2) is 9.93. The molecular formula is C24H20BrClN2O3S2. The van der Waals surface area contributed by atoms with Crippen molar-refractivity contribution in [3.8, 4) is 11.5 Å². The fraction of sp³-hybridized carbons (Fsp3) is 0.167. The Morgan fingerprint density at radius 1 is 1.12 bits per heavy atom. The lowest BCUT2D eigenvalue weighted by Gasteiger charge is -2.20. The summed E-state index contributed by atoms with van der Waals surface area (Å²) in [5.41, 5.74) is 3.66. The van der Waals surface area contributed by atoms with E-state index in [1.807, 2.05) is 73.1 Å². The number of thiocarbonyl (C=S) groups is 1. The first-order chi connectivity index (χ1) is 15.8. The molecule has 0 aliphatic carbocycles. The van der Waals surface area contributed by atoms with Crippen LogP contribution >= 0.6 is 51.5 Å². The molecule has 0 radical (unpaired) electrons. The van der Waals surface area contributed by atoms with E-state index in [9.17, 15) is 4.79 Å². The van der Waals surface area contributed by atoms with Gasteiger partial charge in [0, 0.05) is 16.4 Å². The van der Waals surface area contributed by atoms with Crippen LogP contribution < -0.4 is 14.5 Å². The first-order valence-corrected chi connectivity index (χ1v) is 12.4. The van der Waals surface area contributed by atoms with Crippen molar-refractivity contribution in [2.45, 2.75) is 20.5 Å². The van der Waals surface area contributed by atoms with Crippen LogP contribution in [0.4, 0.5) is 0 Å². The maximum atomic E-state index is 13.2. The molecule has 2 aromatic carbocycles. The molecule has 0 unspecified atom stereocenters. The predicted octanol–water partition coefficient (Wildman–Crippen LogP) is 6.65. The van der Waals surface area contributed by atoms with Gasteiger partial charge in [-0.15, -0.1) is 0 Å². The molecule has 2 heterocycles. The van der Waals surface area contributed by atoms with Gasteiger partial charge < -0.3 is 9.47 Å². The van der Waals surface area contributed by atoms with Gasteiger partial charge in [-0.2, -0.15) is 5.01 Å². The summed E-state index contributed by atoms with van der Waals surface area (Å²) in [4.78, 5) is 13.7. The van der Waals surface area contributed by atoms with Crippen molar-refractivity contribution in [3.63, 3.8) is 0 Å². The number of ether oxygens (including phenoxy) is 2. The van der Waals surface area contributed by atoms with E-state index in [2.05, 4.69) is 15.9 Å². The monoisotopic (exact) mass is 562 g/mol. The number of amides is 1. The summed E-state index contributed by atoms with van der Waals surface area (Å²) in [6.45, 7) is 4.25. The molecule has 1 aliphatic heterocycles. The maximum Gasteiger partial charge on any atom is 0.285 e. The van der Waals surface area contributed by atoms with Gasteiger partial charge in [0.25, 0.3) is 5.91 Å². The predicted molar refractivity (Wildman–Crippen MR) is 142 cm³/mol. The van der Waals surface area contributed by atoms with Crippen molar-refractivity contribution in [1.29, 1.82) is 0 Å². The van der Waals surface area contributed by atoms with Crippen molar-refractivity contribution in [1.82, 2.24) is 4.68 Å². The number of benzene rings is 2. The molecule has 9 heteroatoms. The molecule has 1 aromatic heterocycles. The van der Waals surface area contributed by atoms with Crippen LogP contribution in [0.3, 0.4) is 0 Å². The smallest absolute Gasteiger partial charge is 0.285 e. The Labute approximate surface area is 215 Å². The van der Waals surface area contributed by atoms with E-state index < -0.39 is 0 Å². The average molecular weight is 564 g/mol. The van der Waals surface area contributed by atoms with Gasteiger partial charge in [-0.1, -0.05) is 35.5 Å². The number of carbonyl (C=O) groups excluding carboxylic acids is 1. The van der Waals surface area contributed by atoms with Gasteiger partial charge in [-0.25, -0.2) is 0 Å². The van der Waals surface area contributed by atoms with Gasteiger partial charge in [-0.05, 0) is 95.6 Å². The van der Waals surface area contributed by atoms with Crippen LogP contribution in [-0.4, -0.2) is 22.0 Å². The Morgan fingerprint density at radius 3 is 2.42 bits per heavy atom. The summed E-state index contributed by atoms with van der Waals surface area (Å²) < 4.78 is 14.6. The molecule has 0 bridgehead atoms. The van der Waals surface area contributed by atoms with E-state index in [0.717, 1.165) is 27.0 Å². The molecule has 1 amide bonds.